The van der Waals surface area contributed by atoms with E-state index in [0.717, 1.165) is 28.4 Å². The third kappa shape index (κ3) is 4.09. The van der Waals surface area contributed by atoms with Gasteiger partial charge in [-0.2, -0.15) is 0 Å². The summed E-state index contributed by atoms with van der Waals surface area (Å²) >= 11 is 1.52. The van der Waals surface area contributed by atoms with Crippen LogP contribution in [0, 0.1) is 6.92 Å². The normalized spacial score (nSPS) is 10.6. The summed E-state index contributed by atoms with van der Waals surface area (Å²) in [6.45, 7) is 4.17. The number of amides is 1. The fourth-order valence-corrected chi connectivity index (χ4v) is 3.22. The van der Waals surface area contributed by atoms with Crippen LogP contribution in [-0.4, -0.2) is 10.9 Å². The van der Waals surface area contributed by atoms with E-state index in [0.29, 0.717) is 6.42 Å². The molecule has 3 rings (SSSR count). The molecule has 0 fully saturated rings. The molecule has 0 aliphatic rings. The Balaban J connectivity index is 1.64. The van der Waals surface area contributed by atoms with Gasteiger partial charge in [0.15, 0.2) is 0 Å². The lowest BCUT2D eigenvalue weighted by molar-refractivity contribution is -0.115. The molecule has 4 heteroatoms. The molecule has 0 radical (unpaired) electrons. The number of thiazole rings is 1. The molecule has 122 valence electrons. The van der Waals surface area contributed by atoms with Crippen LogP contribution in [-0.2, 0) is 17.6 Å². The van der Waals surface area contributed by atoms with Crippen molar-refractivity contribution in [3.8, 4) is 11.3 Å². The van der Waals surface area contributed by atoms with Crippen molar-refractivity contribution in [2.75, 3.05) is 5.32 Å². The number of rotatable bonds is 5. The second-order valence-corrected chi connectivity index (χ2v) is 6.71. The van der Waals surface area contributed by atoms with Crippen molar-refractivity contribution in [3.63, 3.8) is 0 Å². The molecule has 0 aliphatic carbocycles. The highest BCUT2D eigenvalue weighted by molar-refractivity contribution is 7.10. The van der Waals surface area contributed by atoms with Gasteiger partial charge < -0.3 is 5.32 Å². The molecule has 0 unspecified atom stereocenters. The van der Waals surface area contributed by atoms with Crippen LogP contribution in [0.1, 0.15) is 23.1 Å². The Bertz CT molecular complexity index is 820. The maximum absolute atomic E-state index is 12.2. The second-order valence-electron chi connectivity index (χ2n) is 5.77. The zero-order valence-electron chi connectivity index (χ0n) is 13.9. The minimum atomic E-state index is -0.0407. The van der Waals surface area contributed by atoms with Gasteiger partial charge in [-0.1, -0.05) is 48.9 Å². The molecule has 0 spiro atoms. The van der Waals surface area contributed by atoms with E-state index < -0.39 is 0 Å². The summed E-state index contributed by atoms with van der Waals surface area (Å²) in [4.78, 5) is 16.7. The molecule has 0 saturated heterocycles. The number of anilines is 1. The fourth-order valence-electron chi connectivity index (χ4n) is 2.42. The van der Waals surface area contributed by atoms with Crippen LogP contribution < -0.4 is 5.32 Å². The number of carbonyl (C=O) groups excluding carboxylic acids is 1. The highest BCUT2D eigenvalue weighted by Crippen LogP contribution is 2.23. The van der Waals surface area contributed by atoms with E-state index >= 15 is 0 Å². The summed E-state index contributed by atoms with van der Waals surface area (Å²) in [5, 5.41) is 5.75. The smallest absolute Gasteiger partial charge is 0.231 e. The molecule has 0 saturated carbocycles. The Kier molecular flexibility index (Phi) is 5.06. The largest absolute Gasteiger partial charge is 0.326 e. The van der Waals surface area contributed by atoms with Crippen LogP contribution in [0.4, 0.5) is 5.69 Å². The van der Waals surface area contributed by atoms with Gasteiger partial charge in [-0.05, 0) is 31.0 Å². The molecular weight excluding hydrogens is 316 g/mol. The number of benzene rings is 2. The third-order valence-electron chi connectivity index (χ3n) is 3.86. The minimum Gasteiger partial charge on any atom is -0.326 e. The average Bonchev–Trinajstić information content (AvgIpc) is 3.05. The standard InChI is InChI=1S/C20H20N2OS/c1-3-15-6-8-16(9-7-15)18-13-24-20(22-18)12-19(23)21-17-10-4-14(2)5-11-17/h4-11,13H,3,12H2,1-2H3,(H,21,23). The van der Waals surface area contributed by atoms with Gasteiger partial charge >= 0.3 is 0 Å². The summed E-state index contributed by atoms with van der Waals surface area (Å²) in [6, 6.07) is 16.2. The van der Waals surface area contributed by atoms with Gasteiger partial charge in [0.05, 0.1) is 12.1 Å². The fraction of sp³-hybridized carbons (Fsp3) is 0.200. The van der Waals surface area contributed by atoms with Crippen molar-refractivity contribution in [1.29, 1.82) is 0 Å². The van der Waals surface area contributed by atoms with Crippen molar-refractivity contribution in [2.24, 2.45) is 0 Å². The Morgan fingerprint density at radius 2 is 1.79 bits per heavy atom. The second kappa shape index (κ2) is 7.41. The van der Waals surface area contributed by atoms with Crippen LogP contribution in [0.3, 0.4) is 0 Å². The quantitative estimate of drug-likeness (QED) is 0.723. The monoisotopic (exact) mass is 336 g/mol. The van der Waals surface area contributed by atoms with Crippen LogP contribution in [0.25, 0.3) is 11.3 Å². The minimum absolute atomic E-state index is 0.0407. The zero-order chi connectivity index (χ0) is 16.9. The van der Waals surface area contributed by atoms with Crippen LogP contribution >= 0.6 is 11.3 Å². The molecule has 24 heavy (non-hydrogen) atoms. The number of aromatic nitrogens is 1. The molecule has 1 N–H and O–H groups in total. The summed E-state index contributed by atoms with van der Waals surface area (Å²) < 4.78 is 0. The first-order valence-corrected chi connectivity index (χ1v) is 8.92. The van der Waals surface area contributed by atoms with Crippen LogP contribution in [0.15, 0.2) is 53.9 Å². The van der Waals surface area contributed by atoms with Crippen molar-refractivity contribution < 1.29 is 4.79 Å². The van der Waals surface area contributed by atoms with Gasteiger partial charge in [-0.25, -0.2) is 4.98 Å². The van der Waals surface area contributed by atoms with E-state index in [1.807, 2.05) is 36.6 Å². The summed E-state index contributed by atoms with van der Waals surface area (Å²) in [5.41, 5.74) is 5.32. The topological polar surface area (TPSA) is 42.0 Å². The zero-order valence-corrected chi connectivity index (χ0v) is 14.7. The highest BCUT2D eigenvalue weighted by Gasteiger charge is 2.09. The van der Waals surface area contributed by atoms with Crippen LogP contribution in [0.2, 0.25) is 0 Å². The molecule has 3 aromatic rings. The molecule has 0 aliphatic heterocycles. The SMILES string of the molecule is CCc1ccc(-c2csc(CC(=O)Nc3ccc(C)cc3)n2)cc1. The highest BCUT2D eigenvalue weighted by atomic mass is 32.1. The number of nitrogens with one attached hydrogen (secondary N) is 1. The lowest BCUT2D eigenvalue weighted by atomic mass is 10.1. The molecule has 2 aromatic carbocycles. The van der Waals surface area contributed by atoms with E-state index in [-0.39, 0.29) is 5.91 Å². The Hall–Kier alpha value is -2.46. The molecular formula is C20H20N2OS. The predicted octanol–water partition coefficient (Wildman–Crippen LogP) is 4.86. The van der Waals surface area contributed by atoms with Crippen molar-refractivity contribution in [3.05, 3.63) is 70.0 Å². The van der Waals surface area contributed by atoms with E-state index in [1.54, 1.807) is 0 Å². The molecule has 1 heterocycles. The maximum Gasteiger partial charge on any atom is 0.231 e. The van der Waals surface area contributed by atoms with E-state index in [4.69, 9.17) is 0 Å². The van der Waals surface area contributed by atoms with Gasteiger partial charge in [-0.15, -0.1) is 11.3 Å². The van der Waals surface area contributed by atoms with Gasteiger partial charge in [0.1, 0.15) is 5.01 Å². The lowest BCUT2D eigenvalue weighted by Crippen LogP contribution is -2.14. The molecule has 0 atom stereocenters. The first-order chi connectivity index (χ1) is 11.6. The van der Waals surface area contributed by atoms with Crippen molar-refractivity contribution in [2.45, 2.75) is 26.7 Å². The number of nitrogens with zero attached hydrogens (tertiary/aromatic N) is 1. The van der Waals surface area contributed by atoms with E-state index in [1.165, 1.54) is 22.5 Å². The molecule has 1 aromatic heterocycles. The van der Waals surface area contributed by atoms with Gasteiger partial charge in [0, 0.05) is 16.6 Å². The van der Waals surface area contributed by atoms with Crippen LogP contribution in [0.5, 0.6) is 0 Å². The van der Waals surface area contributed by atoms with Crippen molar-refractivity contribution in [1.82, 2.24) is 4.98 Å². The average molecular weight is 336 g/mol. The first-order valence-electron chi connectivity index (χ1n) is 8.04. The maximum atomic E-state index is 12.2. The van der Waals surface area contributed by atoms with Crippen molar-refractivity contribution >= 4 is 22.9 Å². The van der Waals surface area contributed by atoms with E-state index in [9.17, 15) is 4.79 Å². The summed E-state index contributed by atoms with van der Waals surface area (Å²) in [6.07, 6.45) is 1.33. The first kappa shape index (κ1) is 16.4. The molecule has 3 nitrogen and oxygen atoms in total. The number of hydrogen-bond donors (Lipinski definition) is 1. The van der Waals surface area contributed by atoms with Gasteiger partial charge in [-0.3, -0.25) is 4.79 Å². The summed E-state index contributed by atoms with van der Waals surface area (Å²) in [5.74, 6) is -0.0407. The molecule has 1 amide bonds. The number of hydrogen-bond acceptors (Lipinski definition) is 3. The van der Waals surface area contributed by atoms with Gasteiger partial charge in [0.2, 0.25) is 5.91 Å². The third-order valence-corrected chi connectivity index (χ3v) is 4.71. The Labute approximate surface area is 146 Å². The molecule has 0 bridgehead atoms. The van der Waals surface area contributed by atoms with E-state index in [2.05, 4.69) is 41.5 Å². The predicted molar refractivity (Wildman–Crippen MR) is 100 cm³/mol. The number of carbonyl (C=O) groups is 1. The Morgan fingerprint density at radius 3 is 2.46 bits per heavy atom. The lowest BCUT2D eigenvalue weighted by Gasteiger charge is -2.04. The summed E-state index contributed by atoms with van der Waals surface area (Å²) in [7, 11) is 0. The Morgan fingerprint density at radius 1 is 1.08 bits per heavy atom. The number of aryl methyl sites for hydroxylation is 2. The van der Waals surface area contributed by atoms with Gasteiger partial charge in [0.25, 0.3) is 0 Å².